The van der Waals surface area contributed by atoms with Crippen LogP contribution in [0.2, 0.25) is 0 Å². The Balaban J connectivity index is 2.44. The van der Waals surface area contributed by atoms with Crippen molar-refractivity contribution in [1.82, 2.24) is 5.32 Å². The van der Waals surface area contributed by atoms with E-state index in [1.165, 1.54) is 0 Å². The fourth-order valence-corrected chi connectivity index (χ4v) is 1.18. The lowest BCUT2D eigenvalue weighted by atomic mass is 9.84. The Morgan fingerprint density at radius 1 is 1.67 bits per heavy atom. The summed E-state index contributed by atoms with van der Waals surface area (Å²) < 4.78 is 0. The highest BCUT2D eigenvalue weighted by Crippen LogP contribution is 2.25. The van der Waals surface area contributed by atoms with Gasteiger partial charge in [0, 0.05) is 12.0 Å². The fourth-order valence-electron chi connectivity index (χ4n) is 1.18. The quantitative estimate of drug-likeness (QED) is 0.658. The molecule has 1 aliphatic carbocycles. The van der Waals surface area contributed by atoms with Gasteiger partial charge in [-0.1, -0.05) is 31.2 Å². The first-order chi connectivity index (χ1) is 5.62. The first-order valence-corrected chi connectivity index (χ1v) is 3.94. The Labute approximate surface area is 71.8 Å². The van der Waals surface area contributed by atoms with Crippen LogP contribution in [0.15, 0.2) is 24.3 Å². The molecule has 0 aromatic carbocycles. The van der Waals surface area contributed by atoms with Crippen molar-refractivity contribution in [2.24, 2.45) is 5.41 Å². The van der Waals surface area contributed by atoms with E-state index in [0.29, 0.717) is 6.54 Å². The standard InChI is InChI=1S/C9H13NO2/c1-9(7-10-8(11)12)5-3-2-4-6-9/h2-5,10H,6-7H2,1H3,(H,11,12)/t9-/m1/s1. The average molecular weight is 167 g/mol. The van der Waals surface area contributed by atoms with E-state index in [9.17, 15) is 4.79 Å². The molecule has 0 radical (unpaired) electrons. The van der Waals surface area contributed by atoms with E-state index in [0.717, 1.165) is 6.42 Å². The molecule has 0 fully saturated rings. The number of allylic oxidation sites excluding steroid dienone is 3. The van der Waals surface area contributed by atoms with Crippen LogP contribution in [0, 0.1) is 5.41 Å². The molecule has 0 saturated carbocycles. The second-order valence-corrected chi connectivity index (χ2v) is 3.30. The molecule has 0 heterocycles. The average Bonchev–Trinajstić information content (AvgIpc) is 2.03. The highest BCUT2D eigenvalue weighted by molar-refractivity contribution is 5.64. The lowest BCUT2D eigenvalue weighted by Crippen LogP contribution is -2.33. The van der Waals surface area contributed by atoms with Crippen molar-refractivity contribution in [3.05, 3.63) is 24.3 Å². The lowest BCUT2D eigenvalue weighted by molar-refractivity contribution is 0.190. The highest BCUT2D eigenvalue weighted by Gasteiger charge is 2.21. The van der Waals surface area contributed by atoms with Crippen LogP contribution in [-0.4, -0.2) is 17.7 Å². The van der Waals surface area contributed by atoms with Crippen LogP contribution < -0.4 is 5.32 Å². The molecule has 1 atom stereocenters. The van der Waals surface area contributed by atoms with Crippen molar-refractivity contribution < 1.29 is 9.90 Å². The second-order valence-electron chi connectivity index (χ2n) is 3.30. The topological polar surface area (TPSA) is 49.3 Å². The zero-order chi connectivity index (χ0) is 9.03. The van der Waals surface area contributed by atoms with Crippen LogP contribution in [0.3, 0.4) is 0 Å². The van der Waals surface area contributed by atoms with Gasteiger partial charge in [-0.05, 0) is 6.42 Å². The molecule has 0 spiro atoms. The molecule has 0 aromatic rings. The Morgan fingerprint density at radius 3 is 2.92 bits per heavy atom. The van der Waals surface area contributed by atoms with Crippen LogP contribution in [0.4, 0.5) is 4.79 Å². The molecule has 0 bridgehead atoms. The maximum atomic E-state index is 10.2. The molecule has 0 saturated heterocycles. The van der Waals surface area contributed by atoms with Gasteiger partial charge in [0.05, 0.1) is 0 Å². The van der Waals surface area contributed by atoms with Gasteiger partial charge in [-0.25, -0.2) is 4.79 Å². The summed E-state index contributed by atoms with van der Waals surface area (Å²) in [5.41, 5.74) is -0.0485. The molecule has 2 N–H and O–H groups in total. The van der Waals surface area contributed by atoms with E-state index < -0.39 is 6.09 Å². The number of hydrogen-bond acceptors (Lipinski definition) is 1. The van der Waals surface area contributed by atoms with Gasteiger partial charge in [-0.2, -0.15) is 0 Å². The van der Waals surface area contributed by atoms with Gasteiger partial charge in [0.25, 0.3) is 0 Å². The predicted molar refractivity (Wildman–Crippen MR) is 47.0 cm³/mol. The van der Waals surface area contributed by atoms with E-state index in [1.807, 2.05) is 31.2 Å². The van der Waals surface area contributed by atoms with Crippen molar-refractivity contribution in [1.29, 1.82) is 0 Å². The zero-order valence-electron chi connectivity index (χ0n) is 7.08. The van der Waals surface area contributed by atoms with Crippen LogP contribution in [-0.2, 0) is 0 Å². The zero-order valence-corrected chi connectivity index (χ0v) is 7.08. The van der Waals surface area contributed by atoms with Crippen molar-refractivity contribution >= 4 is 6.09 Å². The van der Waals surface area contributed by atoms with E-state index in [-0.39, 0.29) is 5.41 Å². The van der Waals surface area contributed by atoms with Gasteiger partial charge < -0.3 is 10.4 Å². The van der Waals surface area contributed by atoms with E-state index in [4.69, 9.17) is 5.11 Å². The minimum absolute atomic E-state index is 0.0485. The first-order valence-electron chi connectivity index (χ1n) is 3.94. The van der Waals surface area contributed by atoms with Gasteiger partial charge in [-0.15, -0.1) is 0 Å². The summed E-state index contributed by atoms with van der Waals surface area (Å²) >= 11 is 0. The summed E-state index contributed by atoms with van der Waals surface area (Å²) in [6, 6.07) is 0. The highest BCUT2D eigenvalue weighted by atomic mass is 16.4. The number of nitrogens with one attached hydrogen (secondary N) is 1. The van der Waals surface area contributed by atoms with Gasteiger partial charge in [-0.3, -0.25) is 0 Å². The Morgan fingerprint density at radius 2 is 2.42 bits per heavy atom. The van der Waals surface area contributed by atoms with Crippen LogP contribution >= 0.6 is 0 Å². The van der Waals surface area contributed by atoms with E-state index in [2.05, 4.69) is 5.32 Å². The van der Waals surface area contributed by atoms with Crippen molar-refractivity contribution in [3.8, 4) is 0 Å². The summed E-state index contributed by atoms with van der Waals surface area (Å²) in [5.74, 6) is 0. The summed E-state index contributed by atoms with van der Waals surface area (Å²) in [6.45, 7) is 2.51. The van der Waals surface area contributed by atoms with Gasteiger partial charge >= 0.3 is 6.09 Å². The van der Waals surface area contributed by atoms with Crippen LogP contribution in [0.25, 0.3) is 0 Å². The SMILES string of the molecule is C[C@@]1(CNC(=O)O)C=CC=CC1. The lowest BCUT2D eigenvalue weighted by Gasteiger charge is -2.25. The molecule has 0 aromatic heterocycles. The number of carboxylic acid groups (broad SMARTS) is 1. The Bertz CT molecular complexity index is 233. The predicted octanol–water partition coefficient (Wildman–Crippen LogP) is 1.78. The molecule has 12 heavy (non-hydrogen) atoms. The number of hydrogen-bond donors (Lipinski definition) is 2. The fraction of sp³-hybridized carbons (Fsp3) is 0.444. The maximum Gasteiger partial charge on any atom is 0.404 e. The maximum absolute atomic E-state index is 10.2. The van der Waals surface area contributed by atoms with Gasteiger partial charge in [0.15, 0.2) is 0 Å². The molecule has 0 aliphatic heterocycles. The molecule has 3 heteroatoms. The van der Waals surface area contributed by atoms with E-state index >= 15 is 0 Å². The monoisotopic (exact) mass is 167 g/mol. The van der Waals surface area contributed by atoms with Gasteiger partial charge in [0.1, 0.15) is 0 Å². The van der Waals surface area contributed by atoms with Crippen molar-refractivity contribution in [2.45, 2.75) is 13.3 Å². The second kappa shape index (κ2) is 3.43. The van der Waals surface area contributed by atoms with Crippen LogP contribution in [0.5, 0.6) is 0 Å². The minimum Gasteiger partial charge on any atom is -0.465 e. The van der Waals surface area contributed by atoms with Crippen molar-refractivity contribution in [2.75, 3.05) is 6.54 Å². The third kappa shape index (κ3) is 2.42. The molecular formula is C9H13NO2. The van der Waals surface area contributed by atoms with E-state index in [1.54, 1.807) is 0 Å². The number of amides is 1. The van der Waals surface area contributed by atoms with Crippen molar-refractivity contribution in [3.63, 3.8) is 0 Å². The number of carbonyl (C=O) groups is 1. The largest absolute Gasteiger partial charge is 0.465 e. The first kappa shape index (κ1) is 8.84. The molecule has 1 rings (SSSR count). The molecule has 0 unspecified atom stereocenters. The Hall–Kier alpha value is -1.25. The number of rotatable bonds is 2. The summed E-state index contributed by atoms with van der Waals surface area (Å²) in [5, 5.41) is 10.8. The summed E-state index contributed by atoms with van der Waals surface area (Å²) in [7, 11) is 0. The Kier molecular flexibility index (Phi) is 2.53. The molecule has 1 aliphatic rings. The normalized spacial score (nSPS) is 27.1. The smallest absolute Gasteiger partial charge is 0.404 e. The summed E-state index contributed by atoms with van der Waals surface area (Å²) in [4.78, 5) is 10.2. The minimum atomic E-state index is -0.959. The molecule has 1 amide bonds. The molecule has 3 nitrogen and oxygen atoms in total. The van der Waals surface area contributed by atoms with Crippen LogP contribution in [0.1, 0.15) is 13.3 Å². The van der Waals surface area contributed by atoms with Gasteiger partial charge in [0.2, 0.25) is 0 Å². The molecular weight excluding hydrogens is 154 g/mol. The third-order valence-electron chi connectivity index (χ3n) is 1.97. The third-order valence-corrected chi connectivity index (χ3v) is 1.97. The summed E-state index contributed by atoms with van der Waals surface area (Å²) in [6.07, 6.45) is 7.94. The molecule has 66 valence electrons.